The topological polar surface area (TPSA) is 64.7 Å². The van der Waals surface area contributed by atoms with Crippen LogP contribution < -0.4 is 5.73 Å². The van der Waals surface area contributed by atoms with E-state index in [0.717, 1.165) is 5.37 Å². The fraction of sp³-hybridized carbons (Fsp3) is 0.200. The summed E-state index contributed by atoms with van der Waals surface area (Å²) in [5.41, 5.74) is 5.11. The number of nitrogen functional groups attached to an aromatic ring is 1. The van der Waals surface area contributed by atoms with Gasteiger partial charge < -0.3 is 5.73 Å². The Balaban J connectivity index is 3.24. The maximum Gasteiger partial charge on any atom is 0.381 e. The second kappa shape index (κ2) is 3.43. The van der Waals surface area contributed by atoms with E-state index in [2.05, 4.69) is 38.8 Å². The predicted octanol–water partition coefficient (Wildman–Crippen LogP) is 1.09. The number of hydrogen-bond acceptors (Lipinski definition) is 5. The Hall–Kier alpha value is -0.950. The molecule has 1 heterocycles. The zero-order valence-electron chi connectivity index (χ0n) is 6.04. The highest BCUT2D eigenvalue weighted by Crippen LogP contribution is 2.29. The Kier molecular flexibility index (Phi) is 2.67. The van der Waals surface area contributed by atoms with Crippen molar-refractivity contribution in [2.45, 2.75) is 5.38 Å². The highest BCUT2D eigenvalue weighted by atomic mass is 35.5. The fourth-order valence-corrected chi connectivity index (χ4v) is 0.779. The molecule has 70 valence electrons. The molecule has 0 saturated carbocycles. The molecule has 0 aliphatic heterocycles. The average molecular weight is 225 g/mol. The monoisotopic (exact) mass is 224 g/mol. The Morgan fingerprint density at radius 1 is 1.38 bits per heavy atom. The van der Waals surface area contributed by atoms with Gasteiger partial charge in [0.1, 0.15) is 0 Å². The van der Waals surface area contributed by atoms with Crippen molar-refractivity contribution in [1.82, 2.24) is 15.0 Å². The van der Waals surface area contributed by atoms with E-state index in [1.165, 1.54) is 0 Å². The molecule has 0 fully saturated rings. The molecule has 2 N–H and O–H groups in total. The summed E-state index contributed by atoms with van der Waals surface area (Å²) in [6.45, 7) is 0. The number of aromatic nitrogens is 3. The maximum atomic E-state index is 12.5. The minimum atomic E-state index is -3.66. The molecule has 4 nitrogen and oxygen atoms in total. The second-order valence-corrected chi connectivity index (χ2v) is 2.70. The molecule has 0 aliphatic carbocycles. The molecule has 0 aliphatic rings. The number of nitrogens with two attached hydrogens (primary N) is 1. The number of nitrogens with zero attached hydrogens (tertiary/aromatic N) is 3. The first-order valence-electron chi connectivity index (χ1n) is 2.97. The number of alkyl halides is 3. The Labute approximate surface area is 82.2 Å². The van der Waals surface area contributed by atoms with Gasteiger partial charge in [0.15, 0.2) is 5.82 Å². The Bertz CT molecular complexity index is 340. The summed E-state index contributed by atoms with van der Waals surface area (Å²) < 4.78 is 24.9. The van der Waals surface area contributed by atoms with E-state index in [0.29, 0.717) is 0 Å². The number of hydrogen-bond donors (Lipinski definition) is 1. The maximum absolute atomic E-state index is 12.5. The van der Waals surface area contributed by atoms with Crippen LogP contribution >= 0.6 is 23.8 Å². The molecule has 0 bridgehead atoms. The van der Waals surface area contributed by atoms with E-state index < -0.39 is 11.2 Å². The number of halogens is 3. The van der Waals surface area contributed by atoms with Crippen molar-refractivity contribution in [3.63, 3.8) is 0 Å². The normalized spacial score (nSPS) is 11.3. The van der Waals surface area contributed by atoms with Crippen molar-refractivity contribution < 1.29 is 8.78 Å². The van der Waals surface area contributed by atoms with Crippen molar-refractivity contribution in [3.05, 3.63) is 11.6 Å². The summed E-state index contributed by atoms with van der Waals surface area (Å²) in [5, 5.41) is -2.66. The predicted molar refractivity (Wildman–Crippen MR) is 46.7 cm³/mol. The van der Waals surface area contributed by atoms with Crippen molar-refractivity contribution in [2.24, 2.45) is 0 Å². The number of rotatable bonds is 2. The third kappa shape index (κ3) is 2.49. The number of thiocarbonyl (C=S) groups is 1. The van der Waals surface area contributed by atoms with Crippen LogP contribution in [0.4, 0.5) is 14.7 Å². The van der Waals surface area contributed by atoms with Gasteiger partial charge in [-0.05, 0) is 11.6 Å². The minimum absolute atomic E-state index is 0.113. The molecule has 0 atom stereocenters. The van der Waals surface area contributed by atoms with Gasteiger partial charge in [-0.1, -0.05) is 12.2 Å². The Morgan fingerprint density at radius 2 is 2.00 bits per heavy atom. The molecule has 1 rings (SSSR count). The lowest BCUT2D eigenvalue weighted by Gasteiger charge is -2.06. The van der Waals surface area contributed by atoms with Gasteiger partial charge in [0, 0.05) is 5.37 Å². The first-order chi connectivity index (χ1) is 5.93. The third-order valence-corrected chi connectivity index (χ3v) is 1.41. The molecule has 0 unspecified atom stereocenters. The van der Waals surface area contributed by atoms with E-state index in [1.54, 1.807) is 0 Å². The van der Waals surface area contributed by atoms with Gasteiger partial charge in [0.05, 0.1) is 0 Å². The Morgan fingerprint density at radius 3 is 2.46 bits per heavy atom. The van der Waals surface area contributed by atoms with Crippen LogP contribution in [0.5, 0.6) is 0 Å². The van der Waals surface area contributed by atoms with Gasteiger partial charge in [-0.15, -0.1) is 0 Å². The van der Waals surface area contributed by atoms with Crippen LogP contribution in [0.3, 0.4) is 0 Å². The van der Waals surface area contributed by atoms with Crippen molar-refractivity contribution in [3.8, 4) is 0 Å². The molecule has 1 aromatic heterocycles. The highest BCUT2D eigenvalue weighted by molar-refractivity contribution is 7.79. The summed E-state index contributed by atoms with van der Waals surface area (Å²) in [4.78, 5) is 9.91. The molecule has 0 saturated heterocycles. The zero-order valence-corrected chi connectivity index (χ0v) is 7.61. The van der Waals surface area contributed by atoms with Gasteiger partial charge in [-0.25, -0.2) is 4.98 Å². The highest BCUT2D eigenvalue weighted by Gasteiger charge is 2.32. The van der Waals surface area contributed by atoms with Crippen LogP contribution in [-0.4, -0.2) is 20.3 Å². The van der Waals surface area contributed by atoms with Crippen molar-refractivity contribution >= 4 is 35.1 Å². The molecule has 13 heavy (non-hydrogen) atoms. The summed E-state index contributed by atoms with van der Waals surface area (Å²) in [6.07, 6.45) is 0. The van der Waals surface area contributed by atoms with Crippen LogP contribution in [-0.2, 0) is 5.38 Å². The average Bonchev–Trinajstić information content (AvgIpc) is 2.01. The summed E-state index contributed by atoms with van der Waals surface area (Å²) in [5.74, 6) is -1.36. The summed E-state index contributed by atoms with van der Waals surface area (Å²) >= 11 is 9.11. The lowest BCUT2D eigenvalue weighted by atomic mass is 10.6. The molecule has 0 amide bonds. The molecular formula is C5H3ClF2N4S. The van der Waals surface area contributed by atoms with Gasteiger partial charge >= 0.3 is 5.38 Å². The minimum Gasteiger partial charge on any atom is -0.368 e. The van der Waals surface area contributed by atoms with Gasteiger partial charge in [-0.2, -0.15) is 18.7 Å². The largest absolute Gasteiger partial charge is 0.381 e. The van der Waals surface area contributed by atoms with Crippen molar-refractivity contribution in [1.29, 1.82) is 0 Å². The van der Waals surface area contributed by atoms with Gasteiger partial charge in [-0.3, -0.25) is 0 Å². The van der Waals surface area contributed by atoms with Gasteiger partial charge in [0.25, 0.3) is 0 Å². The molecule has 8 heteroatoms. The van der Waals surface area contributed by atoms with E-state index in [-0.39, 0.29) is 11.8 Å². The van der Waals surface area contributed by atoms with Crippen LogP contribution in [0.2, 0.25) is 0 Å². The lowest BCUT2D eigenvalue weighted by Crippen LogP contribution is -2.14. The number of anilines is 1. The van der Waals surface area contributed by atoms with Crippen molar-refractivity contribution in [2.75, 3.05) is 5.73 Å². The smallest absolute Gasteiger partial charge is 0.368 e. The zero-order chi connectivity index (χ0) is 10.1. The molecule has 1 aromatic rings. The fourth-order valence-electron chi connectivity index (χ4n) is 0.589. The first kappa shape index (κ1) is 10.1. The SMILES string of the molecule is Nc1nc(C=S)nc(C(F)(F)Cl)n1. The van der Waals surface area contributed by atoms with E-state index in [9.17, 15) is 8.78 Å². The van der Waals surface area contributed by atoms with Crippen LogP contribution in [0.15, 0.2) is 0 Å². The van der Waals surface area contributed by atoms with Crippen LogP contribution in [0.1, 0.15) is 11.6 Å². The van der Waals surface area contributed by atoms with E-state index >= 15 is 0 Å². The summed E-state index contributed by atoms with van der Waals surface area (Å²) in [6, 6.07) is 0. The first-order valence-corrected chi connectivity index (χ1v) is 3.82. The van der Waals surface area contributed by atoms with Gasteiger partial charge in [0.2, 0.25) is 11.8 Å². The third-order valence-electron chi connectivity index (χ3n) is 1.03. The van der Waals surface area contributed by atoms with Crippen LogP contribution in [0.25, 0.3) is 0 Å². The quantitative estimate of drug-likeness (QED) is 0.602. The molecule has 0 spiro atoms. The van der Waals surface area contributed by atoms with E-state index in [1.807, 2.05) is 0 Å². The standard InChI is InChI=1S/C5H3ClF2N4S/c6-5(7,8)3-10-2(1-13)11-4(9)12-3/h1H,(H2,9,10,11,12). The second-order valence-electron chi connectivity index (χ2n) is 1.99. The molecular weight excluding hydrogens is 222 g/mol. The van der Waals surface area contributed by atoms with Crippen LogP contribution in [0, 0.1) is 0 Å². The molecule has 0 radical (unpaired) electrons. The summed E-state index contributed by atoms with van der Waals surface area (Å²) in [7, 11) is 0. The molecule has 0 aromatic carbocycles. The lowest BCUT2D eigenvalue weighted by molar-refractivity contribution is 0.0843. The van der Waals surface area contributed by atoms with E-state index in [4.69, 9.17) is 5.73 Å².